The van der Waals surface area contributed by atoms with Gasteiger partial charge in [-0.05, 0) is 25.2 Å². The predicted molar refractivity (Wildman–Crippen MR) is 52.6 cm³/mol. The van der Waals surface area contributed by atoms with Crippen LogP contribution in [0.5, 0.6) is 0 Å². The minimum Gasteiger partial charge on any atom is -0.0877 e. The van der Waals surface area contributed by atoms with E-state index < -0.39 is 0 Å². The summed E-state index contributed by atoms with van der Waals surface area (Å²) >= 11 is 0. The average molecular weight is 152 g/mol. The quantitative estimate of drug-likeness (QED) is 0.537. The van der Waals surface area contributed by atoms with E-state index in [0.29, 0.717) is 0 Å². The summed E-state index contributed by atoms with van der Waals surface area (Å²) < 4.78 is 0. The van der Waals surface area contributed by atoms with E-state index in [2.05, 4.69) is 45.1 Å². The van der Waals surface area contributed by atoms with Gasteiger partial charge in [0, 0.05) is 0 Å². The molecule has 0 aliphatic rings. The summed E-state index contributed by atoms with van der Waals surface area (Å²) in [5, 5.41) is 0. The molecule has 0 bridgehead atoms. The van der Waals surface area contributed by atoms with Crippen molar-refractivity contribution in [1.82, 2.24) is 0 Å². The van der Waals surface area contributed by atoms with Crippen LogP contribution in [0.4, 0.5) is 0 Å². The Morgan fingerprint density at radius 1 is 1.09 bits per heavy atom. The molecule has 0 heterocycles. The van der Waals surface area contributed by atoms with Crippen LogP contribution >= 0.6 is 0 Å². The maximum Gasteiger partial charge on any atom is -0.0319 e. The molecule has 0 heteroatoms. The van der Waals surface area contributed by atoms with Crippen molar-refractivity contribution in [2.75, 3.05) is 0 Å². The SMILES string of the molecule is C/C=C\C=C/C[C@H](C)C(C)C. The van der Waals surface area contributed by atoms with E-state index in [1.165, 1.54) is 6.42 Å². The van der Waals surface area contributed by atoms with Gasteiger partial charge in [0.25, 0.3) is 0 Å². The molecule has 0 radical (unpaired) electrons. The van der Waals surface area contributed by atoms with E-state index in [1.54, 1.807) is 0 Å². The normalized spacial score (nSPS) is 15.4. The molecule has 0 nitrogen and oxygen atoms in total. The standard InChI is InChI=1S/C11H20/c1-5-6-7-8-9-11(4)10(2)3/h5-8,10-11H,9H2,1-4H3/b6-5-,8-7-/t11-/m0/s1. The highest BCUT2D eigenvalue weighted by Gasteiger charge is 2.02. The van der Waals surface area contributed by atoms with Gasteiger partial charge < -0.3 is 0 Å². The zero-order valence-electron chi connectivity index (χ0n) is 8.17. The van der Waals surface area contributed by atoms with Crippen LogP contribution in [-0.2, 0) is 0 Å². The van der Waals surface area contributed by atoms with Gasteiger partial charge in [-0.1, -0.05) is 45.1 Å². The summed E-state index contributed by atoms with van der Waals surface area (Å²) in [7, 11) is 0. The van der Waals surface area contributed by atoms with E-state index in [1.807, 2.05) is 6.92 Å². The summed E-state index contributed by atoms with van der Waals surface area (Å²) in [4.78, 5) is 0. The van der Waals surface area contributed by atoms with Crippen molar-refractivity contribution in [3.05, 3.63) is 24.3 Å². The Bertz CT molecular complexity index is 129. The Morgan fingerprint density at radius 3 is 2.18 bits per heavy atom. The Labute approximate surface area is 71.0 Å². The first kappa shape index (κ1) is 10.5. The molecule has 0 spiro atoms. The van der Waals surface area contributed by atoms with Crippen LogP contribution in [0, 0.1) is 11.8 Å². The molecule has 0 aliphatic heterocycles. The largest absolute Gasteiger partial charge is 0.0877 e. The smallest absolute Gasteiger partial charge is 0.0319 e. The van der Waals surface area contributed by atoms with E-state index in [9.17, 15) is 0 Å². The fraction of sp³-hybridized carbons (Fsp3) is 0.636. The number of rotatable bonds is 4. The highest BCUT2D eigenvalue weighted by molar-refractivity contribution is 5.01. The third-order valence-electron chi connectivity index (χ3n) is 2.09. The zero-order chi connectivity index (χ0) is 8.69. The Balaban J connectivity index is 3.52. The van der Waals surface area contributed by atoms with Crippen molar-refractivity contribution in [1.29, 1.82) is 0 Å². The van der Waals surface area contributed by atoms with Crippen LogP contribution in [-0.4, -0.2) is 0 Å². The zero-order valence-corrected chi connectivity index (χ0v) is 8.17. The van der Waals surface area contributed by atoms with E-state index in [-0.39, 0.29) is 0 Å². The maximum atomic E-state index is 2.30. The lowest BCUT2D eigenvalue weighted by molar-refractivity contribution is 0.424. The van der Waals surface area contributed by atoms with Crippen LogP contribution in [0.3, 0.4) is 0 Å². The first-order chi connectivity index (χ1) is 5.18. The second kappa shape index (κ2) is 6.21. The summed E-state index contributed by atoms with van der Waals surface area (Å²) in [5.74, 6) is 1.60. The number of hydrogen-bond acceptors (Lipinski definition) is 0. The second-order valence-electron chi connectivity index (χ2n) is 3.41. The molecule has 0 unspecified atom stereocenters. The molecule has 1 atom stereocenters. The van der Waals surface area contributed by atoms with E-state index >= 15 is 0 Å². The van der Waals surface area contributed by atoms with Crippen LogP contribution in [0.15, 0.2) is 24.3 Å². The van der Waals surface area contributed by atoms with Crippen LogP contribution in [0.25, 0.3) is 0 Å². The van der Waals surface area contributed by atoms with Crippen molar-refractivity contribution < 1.29 is 0 Å². The fourth-order valence-electron chi connectivity index (χ4n) is 0.755. The van der Waals surface area contributed by atoms with Gasteiger partial charge in [-0.15, -0.1) is 0 Å². The average Bonchev–Trinajstić information content (AvgIpc) is 1.97. The van der Waals surface area contributed by atoms with E-state index in [4.69, 9.17) is 0 Å². The van der Waals surface area contributed by atoms with Crippen LogP contribution in [0.1, 0.15) is 34.1 Å². The van der Waals surface area contributed by atoms with Crippen LogP contribution in [0.2, 0.25) is 0 Å². The van der Waals surface area contributed by atoms with Crippen molar-refractivity contribution in [2.45, 2.75) is 34.1 Å². The summed E-state index contributed by atoms with van der Waals surface area (Å²) in [6, 6.07) is 0. The molecule has 0 saturated carbocycles. The summed E-state index contributed by atoms with van der Waals surface area (Å²) in [5.41, 5.74) is 0. The minimum atomic E-state index is 0.797. The Morgan fingerprint density at radius 2 is 1.73 bits per heavy atom. The van der Waals surface area contributed by atoms with Gasteiger partial charge >= 0.3 is 0 Å². The molecule has 0 aliphatic carbocycles. The molecule has 64 valence electrons. The molecule has 0 N–H and O–H groups in total. The first-order valence-electron chi connectivity index (χ1n) is 4.46. The lowest BCUT2D eigenvalue weighted by Gasteiger charge is -2.11. The highest BCUT2D eigenvalue weighted by Crippen LogP contribution is 2.13. The predicted octanol–water partition coefficient (Wildman–Crippen LogP) is 3.80. The third kappa shape index (κ3) is 5.90. The lowest BCUT2D eigenvalue weighted by atomic mass is 9.95. The van der Waals surface area contributed by atoms with Crippen molar-refractivity contribution >= 4 is 0 Å². The van der Waals surface area contributed by atoms with Gasteiger partial charge in [0.2, 0.25) is 0 Å². The highest BCUT2D eigenvalue weighted by atomic mass is 14.1. The van der Waals surface area contributed by atoms with Gasteiger partial charge in [-0.25, -0.2) is 0 Å². The summed E-state index contributed by atoms with van der Waals surface area (Å²) in [6.07, 6.45) is 9.69. The summed E-state index contributed by atoms with van der Waals surface area (Å²) in [6.45, 7) is 8.88. The molecule has 0 fully saturated rings. The second-order valence-corrected chi connectivity index (χ2v) is 3.41. The van der Waals surface area contributed by atoms with Gasteiger partial charge in [-0.2, -0.15) is 0 Å². The lowest BCUT2D eigenvalue weighted by Crippen LogP contribution is -2.01. The molecule has 0 amide bonds. The molecule has 0 saturated heterocycles. The Hall–Kier alpha value is -0.520. The topological polar surface area (TPSA) is 0 Å². The molecular formula is C11H20. The molecule has 0 aromatic carbocycles. The van der Waals surface area contributed by atoms with E-state index in [0.717, 1.165) is 11.8 Å². The number of allylic oxidation sites excluding steroid dienone is 4. The van der Waals surface area contributed by atoms with Gasteiger partial charge in [-0.3, -0.25) is 0 Å². The minimum absolute atomic E-state index is 0.797. The Kier molecular flexibility index (Phi) is 5.91. The van der Waals surface area contributed by atoms with Crippen molar-refractivity contribution in [2.24, 2.45) is 11.8 Å². The molecule has 0 aromatic rings. The number of hydrogen-bond donors (Lipinski definition) is 0. The third-order valence-corrected chi connectivity index (χ3v) is 2.09. The molecule has 0 aromatic heterocycles. The van der Waals surface area contributed by atoms with Crippen molar-refractivity contribution in [3.8, 4) is 0 Å². The molecule has 0 rings (SSSR count). The molecule has 11 heavy (non-hydrogen) atoms. The molecular weight excluding hydrogens is 132 g/mol. The first-order valence-corrected chi connectivity index (χ1v) is 4.46. The van der Waals surface area contributed by atoms with Crippen LogP contribution < -0.4 is 0 Å². The van der Waals surface area contributed by atoms with Crippen molar-refractivity contribution in [3.63, 3.8) is 0 Å². The maximum absolute atomic E-state index is 2.30. The monoisotopic (exact) mass is 152 g/mol. The van der Waals surface area contributed by atoms with Gasteiger partial charge in [0.15, 0.2) is 0 Å². The van der Waals surface area contributed by atoms with Gasteiger partial charge in [0.1, 0.15) is 0 Å². The fourth-order valence-corrected chi connectivity index (χ4v) is 0.755. The van der Waals surface area contributed by atoms with Gasteiger partial charge in [0.05, 0.1) is 0 Å².